The van der Waals surface area contributed by atoms with Crippen molar-refractivity contribution in [1.82, 2.24) is 9.88 Å². The van der Waals surface area contributed by atoms with Crippen LogP contribution in [0.15, 0.2) is 6.07 Å². The molecule has 1 N–H and O–H groups in total. The Labute approximate surface area is 87.3 Å². The summed E-state index contributed by atoms with van der Waals surface area (Å²) in [5, 5.41) is 11.4. The van der Waals surface area contributed by atoms with E-state index in [1.807, 2.05) is 13.0 Å². The molecule has 5 heteroatoms. The summed E-state index contributed by atoms with van der Waals surface area (Å²) in [6.07, 6.45) is -2.34. The summed E-state index contributed by atoms with van der Waals surface area (Å²) in [4.78, 5) is 0. The van der Waals surface area contributed by atoms with E-state index in [0.29, 0.717) is 12.2 Å². The molecule has 0 fully saturated rings. The van der Waals surface area contributed by atoms with Crippen molar-refractivity contribution in [2.24, 2.45) is 7.05 Å². The third-order valence-electron chi connectivity index (χ3n) is 2.37. The number of hydrogen-bond acceptors (Lipinski definition) is 2. The van der Waals surface area contributed by atoms with Crippen LogP contribution in [0.2, 0.25) is 0 Å². The average Bonchev–Trinajstić information content (AvgIpc) is 2.45. The van der Waals surface area contributed by atoms with E-state index in [1.54, 1.807) is 17.7 Å². The van der Waals surface area contributed by atoms with E-state index in [1.165, 1.54) is 0 Å². The number of hydrogen-bond donors (Lipinski definition) is 1. The fourth-order valence-corrected chi connectivity index (χ4v) is 1.36. The molecular weight excluding hydrogens is 200 g/mol. The highest BCUT2D eigenvalue weighted by Crippen LogP contribution is 2.12. The second kappa shape index (κ2) is 4.89. The first kappa shape index (κ1) is 11.7. The van der Waals surface area contributed by atoms with Crippen molar-refractivity contribution in [1.29, 1.82) is 5.26 Å². The average molecular weight is 213 g/mol. The van der Waals surface area contributed by atoms with Gasteiger partial charge in [-0.1, -0.05) is 0 Å². The molecule has 15 heavy (non-hydrogen) atoms. The number of rotatable bonds is 4. The fraction of sp³-hybridized carbons (Fsp3) is 0.500. The lowest BCUT2D eigenvalue weighted by atomic mass is 10.2. The third-order valence-corrected chi connectivity index (χ3v) is 2.37. The number of nitriles is 1. The van der Waals surface area contributed by atoms with E-state index in [9.17, 15) is 8.78 Å². The molecule has 1 aromatic heterocycles. The van der Waals surface area contributed by atoms with Gasteiger partial charge in [-0.2, -0.15) is 5.26 Å². The summed E-state index contributed by atoms with van der Waals surface area (Å²) >= 11 is 0. The first-order valence-electron chi connectivity index (χ1n) is 4.60. The largest absolute Gasteiger partial charge is 0.340 e. The lowest BCUT2D eigenvalue weighted by molar-refractivity contribution is 0.145. The van der Waals surface area contributed by atoms with Crippen LogP contribution >= 0.6 is 0 Å². The number of nitrogens with zero attached hydrogens (tertiary/aromatic N) is 2. The van der Waals surface area contributed by atoms with Crippen molar-refractivity contribution < 1.29 is 8.78 Å². The van der Waals surface area contributed by atoms with Gasteiger partial charge >= 0.3 is 0 Å². The Morgan fingerprint density at radius 2 is 2.27 bits per heavy atom. The van der Waals surface area contributed by atoms with Gasteiger partial charge in [0.1, 0.15) is 11.8 Å². The van der Waals surface area contributed by atoms with E-state index in [2.05, 4.69) is 5.32 Å². The van der Waals surface area contributed by atoms with Crippen molar-refractivity contribution in [3.8, 4) is 6.07 Å². The number of halogens is 2. The van der Waals surface area contributed by atoms with Gasteiger partial charge in [0.15, 0.2) is 0 Å². The standard InChI is InChI=1S/C10H13F2N3/c1-7-8(5-14-6-10(11)12)3-9(4-13)15(7)2/h3,10,14H,5-6H2,1-2H3. The molecule has 82 valence electrons. The second-order valence-electron chi connectivity index (χ2n) is 3.33. The van der Waals surface area contributed by atoms with Crippen molar-refractivity contribution in [2.45, 2.75) is 19.9 Å². The van der Waals surface area contributed by atoms with Gasteiger partial charge < -0.3 is 9.88 Å². The summed E-state index contributed by atoms with van der Waals surface area (Å²) in [5.74, 6) is 0. The van der Waals surface area contributed by atoms with Crippen molar-refractivity contribution in [2.75, 3.05) is 6.54 Å². The molecule has 0 spiro atoms. The van der Waals surface area contributed by atoms with E-state index < -0.39 is 6.43 Å². The smallest absolute Gasteiger partial charge is 0.250 e. The summed E-state index contributed by atoms with van der Waals surface area (Å²) in [6, 6.07) is 3.76. The number of nitrogens with one attached hydrogen (secondary N) is 1. The van der Waals surface area contributed by atoms with Crippen LogP contribution in [0.3, 0.4) is 0 Å². The van der Waals surface area contributed by atoms with Gasteiger partial charge in [0.25, 0.3) is 6.43 Å². The Morgan fingerprint density at radius 3 is 2.73 bits per heavy atom. The van der Waals surface area contributed by atoms with Crippen LogP contribution in [0.25, 0.3) is 0 Å². The maximum Gasteiger partial charge on any atom is 0.250 e. The molecule has 0 aromatic carbocycles. The van der Waals surface area contributed by atoms with E-state index >= 15 is 0 Å². The summed E-state index contributed by atoms with van der Waals surface area (Å²) in [7, 11) is 1.78. The highest BCUT2D eigenvalue weighted by molar-refractivity contribution is 5.33. The highest BCUT2D eigenvalue weighted by Gasteiger charge is 2.08. The second-order valence-corrected chi connectivity index (χ2v) is 3.33. The third kappa shape index (κ3) is 2.77. The van der Waals surface area contributed by atoms with Crippen LogP contribution in [0.1, 0.15) is 17.0 Å². The molecule has 0 bridgehead atoms. The molecule has 0 aliphatic carbocycles. The van der Waals surface area contributed by atoms with Gasteiger partial charge in [0.2, 0.25) is 0 Å². The lowest BCUT2D eigenvalue weighted by Crippen LogP contribution is -2.20. The lowest BCUT2D eigenvalue weighted by Gasteiger charge is -2.04. The van der Waals surface area contributed by atoms with E-state index in [0.717, 1.165) is 11.3 Å². The van der Waals surface area contributed by atoms with Gasteiger partial charge in [0, 0.05) is 19.3 Å². The molecule has 0 atom stereocenters. The summed E-state index contributed by atoms with van der Waals surface area (Å²) in [5.41, 5.74) is 2.35. The summed E-state index contributed by atoms with van der Waals surface area (Å²) in [6.45, 7) is 1.90. The Bertz CT molecular complexity index is 377. The Hall–Kier alpha value is -1.41. The van der Waals surface area contributed by atoms with Gasteiger partial charge in [-0.15, -0.1) is 0 Å². The molecule has 0 amide bonds. The van der Waals surface area contributed by atoms with Crippen molar-refractivity contribution >= 4 is 0 Å². The van der Waals surface area contributed by atoms with Crippen LogP contribution < -0.4 is 5.32 Å². The molecule has 0 unspecified atom stereocenters. The minimum Gasteiger partial charge on any atom is -0.340 e. The van der Waals surface area contributed by atoms with Crippen LogP contribution in [0, 0.1) is 18.3 Å². The highest BCUT2D eigenvalue weighted by atomic mass is 19.3. The van der Waals surface area contributed by atoms with Crippen molar-refractivity contribution in [3.63, 3.8) is 0 Å². The maximum absolute atomic E-state index is 11.9. The Balaban J connectivity index is 2.66. The molecule has 1 rings (SSSR count). The maximum atomic E-state index is 11.9. The minimum absolute atomic E-state index is 0.323. The zero-order valence-corrected chi connectivity index (χ0v) is 8.72. The molecular formula is C10H13F2N3. The van der Waals surface area contributed by atoms with Crippen LogP contribution in [0.4, 0.5) is 8.78 Å². The zero-order valence-electron chi connectivity index (χ0n) is 8.72. The normalized spacial score (nSPS) is 10.7. The van der Waals surface area contributed by atoms with Gasteiger partial charge in [-0.05, 0) is 18.6 Å². The number of aromatic nitrogens is 1. The quantitative estimate of drug-likeness (QED) is 0.824. The predicted molar refractivity (Wildman–Crippen MR) is 52.6 cm³/mol. The Kier molecular flexibility index (Phi) is 3.81. The van der Waals surface area contributed by atoms with Crippen molar-refractivity contribution in [3.05, 3.63) is 23.0 Å². The zero-order chi connectivity index (χ0) is 11.4. The van der Waals surface area contributed by atoms with Gasteiger partial charge in [-0.25, -0.2) is 8.78 Å². The number of alkyl halides is 2. The first-order chi connectivity index (χ1) is 7.06. The predicted octanol–water partition coefficient (Wildman–Crippen LogP) is 1.56. The minimum atomic E-state index is -2.34. The molecule has 0 saturated carbocycles. The monoisotopic (exact) mass is 213 g/mol. The molecule has 3 nitrogen and oxygen atoms in total. The topological polar surface area (TPSA) is 40.8 Å². The fourth-order valence-electron chi connectivity index (χ4n) is 1.36. The first-order valence-corrected chi connectivity index (χ1v) is 4.60. The summed E-state index contributed by atoms with van der Waals surface area (Å²) < 4.78 is 25.5. The molecule has 0 aliphatic heterocycles. The molecule has 0 radical (unpaired) electrons. The van der Waals surface area contributed by atoms with Gasteiger partial charge in [0.05, 0.1) is 6.54 Å². The Morgan fingerprint density at radius 1 is 1.60 bits per heavy atom. The van der Waals surface area contributed by atoms with E-state index in [-0.39, 0.29) is 6.54 Å². The molecule has 1 heterocycles. The SMILES string of the molecule is Cc1c(CNCC(F)F)cc(C#N)n1C. The van der Waals surface area contributed by atoms with Crippen LogP contribution in [-0.4, -0.2) is 17.5 Å². The van der Waals surface area contributed by atoms with E-state index in [4.69, 9.17) is 5.26 Å². The molecule has 1 aromatic rings. The molecule has 0 saturated heterocycles. The molecule has 0 aliphatic rings. The van der Waals surface area contributed by atoms with Gasteiger partial charge in [-0.3, -0.25) is 0 Å². The van der Waals surface area contributed by atoms with Crippen LogP contribution in [0.5, 0.6) is 0 Å². The van der Waals surface area contributed by atoms with Crippen LogP contribution in [-0.2, 0) is 13.6 Å².